The summed E-state index contributed by atoms with van der Waals surface area (Å²) in [5, 5.41) is 5.53. The highest BCUT2D eigenvalue weighted by atomic mass is 79.9. The number of hydrogen-bond acceptors (Lipinski definition) is 5. The first kappa shape index (κ1) is 21.9. The average molecular weight is 525 g/mol. The summed E-state index contributed by atoms with van der Waals surface area (Å²) in [6.07, 6.45) is 0.678. The lowest BCUT2D eigenvalue weighted by molar-refractivity contribution is 0.248. The number of aryl methyl sites for hydroxylation is 1. The molecule has 1 fully saturated rings. The topological polar surface area (TPSA) is 96.6 Å². The number of carbonyl (C=O) groups excluding carboxylic acids is 1. The summed E-state index contributed by atoms with van der Waals surface area (Å²) in [7, 11) is -3.90. The molecule has 3 aromatic rings. The summed E-state index contributed by atoms with van der Waals surface area (Å²) in [5.74, 6) is -0.332. The zero-order chi connectivity index (χ0) is 22.3. The Morgan fingerprint density at radius 1 is 1.13 bits per heavy atom. The SMILES string of the molecule is Cc1nc(N2CCCN(c3ccc(-c4cc(Br)ccc4F)cc3)C2=O)sc1S(N)(=O)=O. The normalized spacial score (nSPS) is 14.9. The van der Waals surface area contributed by atoms with Crippen molar-refractivity contribution in [3.63, 3.8) is 0 Å². The van der Waals surface area contributed by atoms with Crippen molar-refractivity contribution in [2.75, 3.05) is 22.9 Å². The molecule has 0 bridgehead atoms. The summed E-state index contributed by atoms with van der Waals surface area (Å²) < 4.78 is 38.3. The van der Waals surface area contributed by atoms with E-state index in [-0.39, 0.29) is 21.8 Å². The van der Waals surface area contributed by atoms with E-state index >= 15 is 0 Å². The van der Waals surface area contributed by atoms with E-state index in [0.29, 0.717) is 41.5 Å². The van der Waals surface area contributed by atoms with Crippen LogP contribution in [0.25, 0.3) is 11.1 Å². The standard InChI is InChI=1S/C20H18BrFN4O3S2/c1-12-18(31(23,28)29)30-19(24-12)26-10-2-9-25(20(26)27)15-6-3-13(4-7-15)16-11-14(21)5-8-17(16)22/h3-8,11H,2,9-10H2,1H3,(H2,23,28,29). The molecule has 2 aromatic carbocycles. The Kier molecular flexibility index (Phi) is 5.86. The third-order valence-corrected chi connectivity index (χ3v) is 8.10. The average Bonchev–Trinajstić information content (AvgIpc) is 3.12. The molecule has 1 aliphatic heterocycles. The maximum absolute atomic E-state index is 14.2. The molecule has 4 rings (SSSR count). The summed E-state index contributed by atoms with van der Waals surface area (Å²) in [6, 6.07) is 11.5. The largest absolute Gasteiger partial charge is 0.330 e. The van der Waals surface area contributed by atoms with Crippen LogP contribution >= 0.6 is 27.3 Å². The molecular weight excluding hydrogens is 507 g/mol. The van der Waals surface area contributed by atoms with Crippen molar-refractivity contribution in [1.82, 2.24) is 4.98 Å². The molecule has 0 saturated carbocycles. The van der Waals surface area contributed by atoms with Crippen LogP contribution in [-0.4, -0.2) is 32.5 Å². The molecule has 31 heavy (non-hydrogen) atoms. The number of rotatable bonds is 4. The molecule has 162 valence electrons. The number of primary sulfonamides is 1. The zero-order valence-electron chi connectivity index (χ0n) is 16.4. The van der Waals surface area contributed by atoms with Crippen molar-refractivity contribution in [3.05, 3.63) is 58.4 Å². The molecule has 2 amide bonds. The molecule has 0 unspecified atom stereocenters. The Balaban J connectivity index is 1.61. The zero-order valence-corrected chi connectivity index (χ0v) is 19.6. The Morgan fingerprint density at radius 3 is 2.45 bits per heavy atom. The van der Waals surface area contributed by atoms with E-state index in [9.17, 15) is 17.6 Å². The Bertz CT molecular complexity index is 1260. The number of carbonyl (C=O) groups is 1. The highest BCUT2D eigenvalue weighted by molar-refractivity contribution is 9.10. The number of thiazole rings is 1. The number of nitrogens with two attached hydrogens (primary N) is 1. The molecule has 7 nitrogen and oxygen atoms in total. The summed E-state index contributed by atoms with van der Waals surface area (Å²) in [5.41, 5.74) is 2.08. The molecule has 1 aromatic heterocycles. The van der Waals surface area contributed by atoms with Gasteiger partial charge in [0.25, 0.3) is 0 Å². The fourth-order valence-electron chi connectivity index (χ4n) is 3.43. The van der Waals surface area contributed by atoms with Gasteiger partial charge in [0.15, 0.2) is 9.34 Å². The highest BCUT2D eigenvalue weighted by Crippen LogP contribution is 2.33. The molecule has 0 spiro atoms. The van der Waals surface area contributed by atoms with Gasteiger partial charge < -0.3 is 0 Å². The number of anilines is 2. The van der Waals surface area contributed by atoms with Gasteiger partial charge >= 0.3 is 6.03 Å². The van der Waals surface area contributed by atoms with Gasteiger partial charge in [-0.15, -0.1) is 0 Å². The fourth-order valence-corrected chi connectivity index (χ4v) is 5.76. The van der Waals surface area contributed by atoms with Gasteiger partial charge in [0, 0.05) is 28.8 Å². The molecule has 1 aliphatic rings. The van der Waals surface area contributed by atoms with Crippen LogP contribution < -0.4 is 14.9 Å². The van der Waals surface area contributed by atoms with Gasteiger partial charge in [-0.05, 0) is 49.2 Å². The van der Waals surface area contributed by atoms with Crippen molar-refractivity contribution in [3.8, 4) is 11.1 Å². The molecule has 0 aliphatic carbocycles. The van der Waals surface area contributed by atoms with Gasteiger partial charge in [0.2, 0.25) is 10.0 Å². The summed E-state index contributed by atoms with van der Waals surface area (Å²) in [6.45, 7) is 2.48. The first-order valence-electron chi connectivity index (χ1n) is 9.30. The van der Waals surface area contributed by atoms with Gasteiger partial charge in [-0.3, -0.25) is 9.80 Å². The van der Waals surface area contributed by atoms with Crippen LogP contribution in [0.5, 0.6) is 0 Å². The highest BCUT2D eigenvalue weighted by Gasteiger charge is 2.31. The van der Waals surface area contributed by atoms with Gasteiger partial charge in [-0.2, -0.15) is 0 Å². The van der Waals surface area contributed by atoms with Crippen molar-refractivity contribution < 1.29 is 17.6 Å². The minimum absolute atomic E-state index is 0.0483. The first-order chi connectivity index (χ1) is 14.6. The maximum Gasteiger partial charge on any atom is 0.330 e. The molecule has 1 saturated heterocycles. The number of hydrogen-bond donors (Lipinski definition) is 1. The van der Waals surface area contributed by atoms with Crippen molar-refractivity contribution >= 4 is 54.1 Å². The van der Waals surface area contributed by atoms with Crippen LogP contribution in [0, 0.1) is 12.7 Å². The van der Waals surface area contributed by atoms with Gasteiger partial charge in [0.1, 0.15) is 5.82 Å². The Hall–Kier alpha value is -2.34. The lowest BCUT2D eigenvalue weighted by atomic mass is 10.0. The minimum Gasteiger partial charge on any atom is -0.294 e. The van der Waals surface area contributed by atoms with E-state index in [4.69, 9.17) is 5.14 Å². The smallest absolute Gasteiger partial charge is 0.294 e. The second kappa shape index (κ2) is 8.30. The second-order valence-electron chi connectivity index (χ2n) is 7.02. The minimum atomic E-state index is -3.90. The van der Waals surface area contributed by atoms with Gasteiger partial charge in [-0.1, -0.05) is 39.4 Å². The van der Waals surface area contributed by atoms with Crippen LogP contribution in [0.15, 0.2) is 51.1 Å². The molecular formula is C20H18BrFN4O3S2. The predicted molar refractivity (Wildman–Crippen MR) is 122 cm³/mol. The van der Waals surface area contributed by atoms with E-state index in [1.165, 1.54) is 11.0 Å². The van der Waals surface area contributed by atoms with Crippen molar-refractivity contribution in [1.29, 1.82) is 0 Å². The number of halogens is 2. The second-order valence-corrected chi connectivity index (χ2v) is 10.7. The van der Waals surface area contributed by atoms with E-state index in [1.54, 1.807) is 48.2 Å². The van der Waals surface area contributed by atoms with Crippen LogP contribution in [0.4, 0.5) is 20.0 Å². The lowest BCUT2D eigenvalue weighted by Crippen LogP contribution is -2.49. The number of nitrogens with zero attached hydrogens (tertiary/aromatic N) is 3. The van der Waals surface area contributed by atoms with Crippen LogP contribution in [-0.2, 0) is 10.0 Å². The number of amides is 2. The lowest BCUT2D eigenvalue weighted by Gasteiger charge is -2.34. The van der Waals surface area contributed by atoms with Crippen LogP contribution in [0.3, 0.4) is 0 Å². The molecule has 2 heterocycles. The Morgan fingerprint density at radius 2 is 1.81 bits per heavy atom. The van der Waals surface area contributed by atoms with Gasteiger partial charge in [0.05, 0.1) is 5.69 Å². The van der Waals surface area contributed by atoms with E-state index in [0.717, 1.165) is 15.8 Å². The molecule has 2 N–H and O–H groups in total. The Labute approximate surface area is 191 Å². The predicted octanol–water partition coefficient (Wildman–Crippen LogP) is 4.50. The van der Waals surface area contributed by atoms with Crippen molar-refractivity contribution in [2.24, 2.45) is 5.14 Å². The van der Waals surface area contributed by atoms with Gasteiger partial charge in [-0.25, -0.2) is 27.7 Å². The quantitative estimate of drug-likeness (QED) is 0.543. The number of sulfonamides is 1. The molecule has 0 radical (unpaired) electrons. The summed E-state index contributed by atoms with van der Waals surface area (Å²) in [4.78, 5) is 20.4. The summed E-state index contributed by atoms with van der Waals surface area (Å²) >= 11 is 4.24. The molecule has 11 heteroatoms. The fraction of sp³-hybridized carbons (Fsp3) is 0.200. The molecule has 0 atom stereocenters. The van der Waals surface area contributed by atoms with Crippen LogP contribution in [0.1, 0.15) is 12.1 Å². The van der Waals surface area contributed by atoms with Crippen LogP contribution in [0.2, 0.25) is 0 Å². The third kappa shape index (κ3) is 4.36. The maximum atomic E-state index is 14.2. The third-order valence-electron chi connectivity index (χ3n) is 4.88. The number of benzene rings is 2. The van der Waals surface area contributed by atoms with E-state index in [1.807, 2.05) is 0 Å². The monoisotopic (exact) mass is 524 g/mol. The van der Waals surface area contributed by atoms with E-state index in [2.05, 4.69) is 20.9 Å². The first-order valence-corrected chi connectivity index (χ1v) is 12.5. The number of aromatic nitrogens is 1. The van der Waals surface area contributed by atoms with E-state index < -0.39 is 10.0 Å². The number of urea groups is 1. The van der Waals surface area contributed by atoms with Crippen molar-refractivity contribution in [2.45, 2.75) is 17.6 Å².